The molecule has 1 N–H and O–H groups in total. The van der Waals surface area contributed by atoms with Crippen LogP contribution in [0.25, 0.3) is 0 Å². The number of carboxylic acid groups (broad SMARTS) is 1. The smallest absolute Gasteiger partial charge is 0.307 e. The largest absolute Gasteiger partial charge is 0.481 e. The van der Waals surface area contributed by atoms with Crippen molar-refractivity contribution in [1.29, 1.82) is 0 Å². The molecule has 0 aromatic carbocycles. The van der Waals surface area contributed by atoms with E-state index in [1.807, 2.05) is 26.8 Å². The fraction of sp³-hybridized carbons (Fsp3) is 0.636. The van der Waals surface area contributed by atoms with Crippen LogP contribution in [0.2, 0.25) is 0 Å². The molecule has 1 unspecified atom stereocenters. The molecule has 1 saturated carbocycles. The minimum Gasteiger partial charge on any atom is -0.481 e. The monoisotopic (exact) mass is 211 g/mol. The summed E-state index contributed by atoms with van der Waals surface area (Å²) in [6.07, 6.45) is 3.54. The van der Waals surface area contributed by atoms with Crippen LogP contribution in [-0.2, 0) is 9.63 Å². The highest BCUT2D eigenvalue weighted by molar-refractivity contribution is 5.80. The highest BCUT2D eigenvalue weighted by Crippen LogP contribution is 2.59. The first-order valence-corrected chi connectivity index (χ1v) is 4.89. The minimum atomic E-state index is -0.724. The van der Waals surface area contributed by atoms with Crippen LogP contribution in [0.1, 0.15) is 20.8 Å². The van der Waals surface area contributed by atoms with Crippen LogP contribution in [0.4, 0.5) is 0 Å². The molecule has 1 aliphatic carbocycles. The van der Waals surface area contributed by atoms with E-state index in [0.717, 1.165) is 5.57 Å². The second-order valence-corrected chi connectivity index (χ2v) is 4.49. The number of oxime groups is 1. The van der Waals surface area contributed by atoms with Crippen LogP contribution in [-0.4, -0.2) is 24.4 Å². The van der Waals surface area contributed by atoms with Gasteiger partial charge in [0.15, 0.2) is 0 Å². The van der Waals surface area contributed by atoms with Gasteiger partial charge in [0.1, 0.15) is 7.11 Å². The summed E-state index contributed by atoms with van der Waals surface area (Å²) in [5, 5.41) is 12.6. The van der Waals surface area contributed by atoms with Gasteiger partial charge in [-0.05, 0) is 23.8 Å². The van der Waals surface area contributed by atoms with Gasteiger partial charge in [-0.1, -0.05) is 25.1 Å². The molecule has 4 nitrogen and oxygen atoms in total. The molecule has 0 spiro atoms. The summed E-state index contributed by atoms with van der Waals surface area (Å²) in [5.41, 5.74) is 0.784. The van der Waals surface area contributed by atoms with Crippen molar-refractivity contribution < 1.29 is 14.7 Å². The Morgan fingerprint density at radius 2 is 2.13 bits per heavy atom. The Hall–Kier alpha value is -1.32. The highest BCUT2D eigenvalue weighted by atomic mass is 16.6. The molecule has 84 valence electrons. The molecule has 2 atom stereocenters. The highest BCUT2D eigenvalue weighted by Gasteiger charge is 2.60. The van der Waals surface area contributed by atoms with Gasteiger partial charge in [-0.2, -0.15) is 0 Å². The lowest BCUT2D eigenvalue weighted by Crippen LogP contribution is -2.03. The maximum atomic E-state index is 10.9. The average Bonchev–Trinajstić information content (AvgIpc) is 2.64. The number of rotatable bonds is 4. The van der Waals surface area contributed by atoms with Crippen LogP contribution in [0.5, 0.6) is 0 Å². The number of carbonyl (C=O) groups is 1. The zero-order valence-electron chi connectivity index (χ0n) is 9.52. The molecule has 1 aliphatic rings. The summed E-state index contributed by atoms with van der Waals surface area (Å²) in [6, 6.07) is 0. The summed E-state index contributed by atoms with van der Waals surface area (Å²) in [5.74, 6) is -0.903. The molecular weight excluding hydrogens is 194 g/mol. The van der Waals surface area contributed by atoms with E-state index >= 15 is 0 Å². The standard InChI is InChI=1S/C11H17NO3/c1-7(6-12-15-4)5-8-9(10(13)14)11(8,2)3/h5-6,8-9H,1-4H3,(H,13,14)/b7-5+,12-6+/t8?,9-/m0/s1. The number of carboxylic acids is 1. The van der Waals surface area contributed by atoms with Gasteiger partial charge in [-0.25, -0.2) is 0 Å². The normalized spacial score (nSPS) is 29.2. The Kier molecular flexibility index (Phi) is 3.17. The van der Waals surface area contributed by atoms with E-state index in [-0.39, 0.29) is 17.3 Å². The lowest BCUT2D eigenvalue weighted by atomic mass is 10.1. The number of aliphatic carboxylic acids is 1. The number of hydrogen-bond acceptors (Lipinski definition) is 3. The van der Waals surface area contributed by atoms with Gasteiger partial charge in [0, 0.05) is 0 Å². The second kappa shape index (κ2) is 4.04. The summed E-state index contributed by atoms with van der Waals surface area (Å²) in [6.45, 7) is 5.82. The van der Waals surface area contributed by atoms with E-state index in [0.29, 0.717) is 0 Å². The molecule has 1 rings (SSSR count). The van der Waals surface area contributed by atoms with Crippen molar-refractivity contribution in [3.8, 4) is 0 Å². The average molecular weight is 211 g/mol. The first kappa shape index (κ1) is 11.8. The third kappa shape index (κ3) is 2.37. The first-order valence-electron chi connectivity index (χ1n) is 4.89. The molecule has 0 saturated heterocycles. The Balaban J connectivity index is 2.69. The topological polar surface area (TPSA) is 58.9 Å². The summed E-state index contributed by atoms with van der Waals surface area (Å²) < 4.78 is 0. The van der Waals surface area contributed by atoms with Crippen molar-refractivity contribution >= 4 is 12.2 Å². The van der Waals surface area contributed by atoms with Gasteiger partial charge in [0.25, 0.3) is 0 Å². The summed E-state index contributed by atoms with van der Waals surface area (Å²) in [4.78, 5) is 15.4. The molecule has 1 fully saturated rings. The third-order valence-corrected chi connectivity index (χ3v) is 2.98. The predicted octanol–water partition coefficient (Wildman–Crippen LogP) is 1.92. The van der Waals surface area contributed by atoms with Gasteiger partial charge in [-0.15, -0.1) is 0 Å². The predicted molar refractivity (Wildman–Crippen MR) is 57.7 cm³/mol. The Bertz CT molecular complexity index is 318. The van der Waals surface area contributed by atoms with Crippen LogP contribution in [0.15, 0.2) is 16.8 Å². The maximum Gasteiger partial charge on any atom is 0.307 e. The van der Waals surface area contributed by atoms with Crippen molar-refractivity contribution in [2.75, 3.05) is 7.11 Å². The first-order chi connectivity index (χ1) is 6.91. The van der Waals surface area contributed by atoms with Gasteiger partial charge in [0.05, 0.1) is 12.1 Å². The van der Waals surface area contributed by atoms with Crippen molar-refractivity contribution in [2.24, 2.45) is 22.4 Å². The van der Waals surface area contributed by atoms with Crippen LogP contribution < -0.4 is 0 Å². The zero-order chi connectivity index (χ0) is 11.6. The van der Waals surface area contributed by atoms with Crippen molar-refractivity contribution in [1.82, 2.24) is 0 Å². The molecule has 4 heteroatoms. The number of nitrogens with zero attached hydrogens (tertiary/aromatic N) is 1. The van der Waals surface area contributed by atoms with E-state index in [1.54, 1.807) is 6.21 Å². The Morgan fingerprint density at radius 1 is 1.53 bits per heavy atom. The van der Waals surface area contributed by atoms with E-state index in [2.05, 4.69) is 9.99 Å². The van der Waals surface area contributed by atoms with Crippen LogP contribution in [0, 0.1) is 17.3 Å². The van der Waals surface area contributed by atoms with Gasteiger partial charge in [-0.3, -0.25) is 4.79 Å². The lowest BCUT2D eigenvalue weighted by molar-refractivity contribution is -0.139. The molecule has 0 aromatic rings. The number of allylic oxidation sites excluding steroid dienone is 2. The quantitative estimate of drug-likeness (QED) is 0.571. The Morgan fingerprint density at radius 3 is 2.53 bits per heavy atom. The van der Waals surface area contributed by atoms with Gasteiger partial charge >= 0.3 is 5.97 Å². The molecule has 15 heavy (non-hydrogen) atoms. The third-order valence-electron chi connectivity index (χ3n) is 2.98. The molecule has 0 bridgehead atoms. The maximum absolute atomic E-state index is 10.9. The molecule has 0 heterocycles. The lowest BCUT2D eigenvalue weighted by Gasteiger charge is -1.97. The van der Waals surface area contributed by atoms with Crippen molar-refractivity contribution in [2.45, 2.75) is 20.8 Å². The molecular formula is C11H17NO3. The zero-order valence-corrected chi connectivity index (χ0v) is 9.52. The van der Waals surface area contributed by atoms with Crippen molar-refractivity contribution in [3.05, 3.63) is 11.6 Å². The van der Waals surface area contributed by atoms with Crippen LogP contribution >= 0.6 is 0 Å². The molecule has 0 aromatic heterocycles. The fourth-order valence-electron chi connectivity index (χ4n) is 1.92. The second-order valence-electron chi connectivity index (χ2n) is 4.49. The van der Waals surface area contributed by atoms with Gasteiger partial charge in [0.2, 0.25) is 0 Å². The van der Waals surface area contributed by atoms with E-state index < -0.39 is 5.97 Å². The molecule has 0 amide bonds. The Labute approximate surface area is 89.6 Å². The minimum absolute atomic E-state index is 0.0957. The van der Waals surface area contributed by atoms with Crippen molar-refractivity contribution in [3.63, 3.8) is 0 Å². The fourth-order valence-corrected chi connectivity index (χ4v) is 1.92. The van der Waals surface area contributed by atoms with E-state index in [9.17, 15) is 4.79 Å². The van der Waals surface area contributed by atoms with Gasteiger partial charge < -0.3 is 9.94 Å². The number of hydrogen-bond donors (Lipinski definition) is 1. The summed E-state index contributed by atoms with van der Waals surface area (Å²) in [7, 11) is 1.48. The van der Waals surface area contributed by atoms with E-state index in [4.69, 9.17) is 5.11 Å². The van der Waals surface area contributed by atoms with E-state index in [1.165, 1.54) is 7.11 Å². The SMILES string of the molecule is CO/N=C/C(C)=C/C1[C@@H](C(=O)O)C1(C)C. The van der Waals surface area contributed by atoms with Crippen LogP contribution in [0.3, 0.4) is 0 Å². The summed E-state index contributed by atoms with van der Waals surface area (Å²) >= 11 is 0. The molecule has 0 aliphatic heterocycles. The molecule has 0 radical (unpaired) electrons.